The van der Waals surface area contributed by atoms with Crippen LogP contribution in [0.5, 0.6) is 0 Å². The van der Waals surface area contributed by atoms with Crippen molar-refractivity contribution in [2.75, 3.05) is 38.6 Å². The van der Waals surface area contributed by atoms with Crippen LogP contribution in [0.25, 0.3) is 0 Å². The second kappa shape index (κ2) is 7.05. The van der Waals surface area contributed by atoms with Crippen molar-refractivity contribution in [2.24, 2.45) is 0 Å². The number of nitrogens with zero attached hydrogens (tertiary/aromatic N) is 1. The number of aryl methyl sites for hydroxylation is 1. The maximum absolute atomic E-state index is 12.1. The summed E-state index contributed by atoms with van der Waals surface area (Å²) in [4.78, 5) is 0.135. The van der Waals surface area contributed by atoms with Gasteiger partial charge in [0.15, 0.2) is 0 Å². The molecule has 0 atom stereocenters. The molecule has 1 fully saturated rings. The molecular formula is C13H20N2O5S2. The van der Waals surface area contributed by atoms with Gasteiger partial charge < -0.3 is 4.74 Å². The van der Waals surface area contributed by atoms with Crippen molar-refractivity contribution in [3.63, 3.8) is 0 Å². The Balaban J connectivity index is 1.95. The van der Waals surface area contributed by atoms with Gasteiger partial charge in [-0.3, -0.25) is 0 Å². The maximum atomic E-state index is 12.1. The third-order valence-corrected chi connectivity index (χ3v) is 6.65. The average molecular weight is 348 g/mol. The number of rotatable bonds is 6. The number of morpholine rings is 1. The van der Waals surface area contributed by atoms with Gasteiger partial charge in [-0.25, -0.2) is 21.6 Å². The van der Waals surface area contributed by atoms with Crippen LogP contribution < -0.4 is 4.72 Å². The summed E-state index contributed by atoms with van der Waals surface area (Å²) in [6.07, 6.45) is 0. The fourth-order valence-electron chi connectivity index (χ4n) is 2.12. The van der Waals surface area contributed by atoms with E-state index in [0.717, 1.165) is 5.56 Å². The third kappa shape index (κ3) is 4.50. The van der Waals surface area contributed by atoms with Crippen molar-refractivity contribution in [3.05, 3.63) is 29.8 Å². The summed E-state index contributed by atoms with van der Waals surface area (Å²) in [6.45, 7) is 3.00. The molecule has 0 amide bonds. The van der Waals surface area contributed by atoms with E-state index in [1.54, 1.807) is 25.1 Å². The Kier molecular flexibility index (Phi) is 5.56. The van der Waals surface area contributed by atoms with Crippen molar-refractivity contribution >= 4 is 20.0 Å². The largest absolute Gasteiger partial charge is 0.379 e. The topological polar surface area (TPSA) is 92.8 Å². The van der Waals surface area contributed by atoms with Crippen molar-refractivity contribution in [3.8, 4) is 0 Å². The molecule has 0 radical (unpaired) electrons. The molecule has 0 aromatic heterocycles. The Morgan fingerprint density at radius 1 is 1.18 bits per heavy atom. The number of sulfonamides is 2. The summed E-state index contributed by atoms with van der Waals surface area (Å²) in [5, 5.41) is 0. The van der Waals surface area contributed by atoms with Gasteiger partial charge in [-0.05, 0) is 24.6 Å². The highest BCUT2D eigenvalue weighted by atomic mass is 32.2. The van der Waals surface area contributed by atoms with E-state index in [-0.39, 0.29) is 17.2 Å². The predicted molar refractivity (Wildman–Crippen MR) is 82.5 cm³/mol. The van der Waals surface area contributed by atoms with Gasteiger partial charge in [0.25, 0.3) is 0 Å². The normalized spacial score (nSPS) is 17.5. The molecule has 1 aromatic carbocycles. The highest BCUT2D eigenvalue weighted by Gasteiger charge is 2.24. The predicted octanol–water partition coefficient (Wildman–Crippen LogP) is -0.0647. The summed E-state index contributed by atoms with van der Waals surface area (Å²) in [5.74, 6) is -0.266. The zero-order chi connectivity index (χ0) is 16.2. The number of nitrogens with one attached hydrogen (secondary N) is 1. The van der Waals surface area contributed by atoms with Crippen LogP contribution in [0.4, 0.5) is 0 Å². The average Bonchev–Trinajstić information content (AvgIpc) is 2.48. The molecule has 124 valence electrons. The first kappa shape index (κ1) is 17.4. The van der Waals surface area contributed by atoms with Crippen molar-refractivity contribution < 1.29 is 21.6 Å². The summed E-state index contributed by atoms with van der Waals surface area (Å²) in [6, 6.07) is 6.46. The molecule has 0 unspecified atom stereocenters. The van der Waals surface area contributed by atoms with Crippen LogP contribution in [-0.2, 0) is 24.8 Å². The number of ether oxygens (including phenoxy) is 1. The molecule has 0 aliphatic carbocycles. The molecule has 2 rings (SSSR count). The standard InChI is InChI=1S/C13H20N2O5S2/c1-12-3-2-4-13(11-12)22(18,19)14-5-10-21(16,17)15-6-8-20-9-7-15/h2-4,11,14H,5-10H2,1H3. The highest BCUT2D eigenvalue weighted by molar-refractivity contribution is 7.90. The minimum Gasteiger partial charge on any atom is -0.379 e. The number of benzene rings is 1. The van der Waals surface area contributed by atoms with Gasteiger partial charge in [0.1, 0.15) is 0 Å². The maximum Gasteiger partial charge on any atom is 0.240 e. The molecular weight excluding hydrogens is 328 g/mol. The van der Waals surface area contributed by atoms with Crippen LogP contribution in [-0.4, -0.2) is 59.7 Å². The molecule has 1 heterocycles. The van der Waals surface area contributed by atoms with Crippen LogP contribution in [0.1, 0.15) is 5.56 Å². The first-order chi connectivity index (χ1) is 10.3. The Morgan fingerprint density at radius 3 is 2.50 bits per heavy atom. The van der Waals surface area contributed by atoms with Crippen LogP contribution in [0.2, 0.25) is 0 Å². The van der Waals surface area contributed by atoms with E-state index < -0.39 is 20.0 Å². The van der Waals surface area contributed by atoms with Crippen molar-refractivity contribution in [1.82, 2.24) is 9.03 Å². The third-order valence-electron chi connectivity index (χ3n) is 3.32. The molecule has 1 aliphatic heterocycles. The van der Waals surface area contributed by atoms with Gasteiger partial charge >= 0.3 is 0 Å². The minimum atomic E-state index is -3.69. The lowest BCUT2D eigenvalue weighted by atomic mass is 10.2. The first-order valence-corrected chi connectivity index (χ1v) is 10.0. The van der Waals surface area contributed by atoms with E-state index >= 15 is 0 Å². The molecule has 1 N–H and O–H groups in total. The number of hydrogen-bond acceptors (Lipinski definition) is 5. The molecule has 9 heteroatoms. The van der Waals surface area contributed by atoms with E-state index in [9.17, 15) is 16.8 Å². The Labute approximate surface area is 131 Å². The van der Waals surface area contributed by atoms with E-state index in [0.29, 0.717) is 26.3 Å². The lowest BCUT2D eigenvalue weighted by Crippen LogP contribution is -2.43. The van der Waals surface area contributed by atoms with Crippen LogP contribution in [0.3, 0.4) is 0 Å². The van der Waals surface area contributed by atoms with Crippen LogP contribution >= 0.6 is 0 Å². The second-order valence-corrected chi connectivity index (χ2v) is 8.90. The Hall–Kier alpha value is -1.00. The van der Waals surface area contributed by atoms with Crippen LogP contribution in [0, 0.1) is 6.92 Å². The Bertz CT molecular complexity index is 710. The van der Waals surface area contributed by atoms with E-state index in [1.165, 1.54) is 10.4 Å². The molecule has 0 saturated carbocycles. The fourth-order valence-corrected chi connectivity index (χ4v) is 4.71. The minimum absolute atomic E-state index is 0.135. The molecule has 1 saturated heterocycles. The van der Waals surface area contributed by atoms with Gasteiger partial charge in [0.2, 0.25) is 20.0 Å². The number of hydrogen-bond donors (Lipinski definition) is 1. The zero-order valence-corrected chi connectivity index (χ0v) is 14.0. The molecule has 22 heavy (non-hydrogen) atoms. The van der Waals surface area contributed by atoms with Crippen LogP contribution in [0.15, 0.2) is 29.2 Å². The van der Waals surface area contributed by atoms with Gasteiger partial charge in [-0.2, -0.15) is 4.31 Å². The monoisotopic (exact) mass is 348 g/mol. The molecule has 0 bridgehead atoms. The summed E-state index contributed by atoms with van der Waals surface area (Å²) >= 11 is 0. The summed E-state index contributed by atoms with van der Waals surface area (Å²) < 4.78 is 57.2. The zero-order valence-electron chi connectivity index (χ0n) is 12.4. The molecule has 0 spiro atoms. The fraction of sp³-hybridized carbons (Fsp3) is 0.538. The van der Waals surface area contributed by atoms with E-state index in [4.69, 9.17) is 4.74 Å². The lowest BCUT2D eigenvalue weighted by Gasteiger charge is -2.26. The SMILES string of the molecule is Cc1cccc(S(=O)(=O)NCCS(=O)(=O)N2CCOCC2)c1. The van der Waals surface area contributed by atoms with Gasteiger partial charge in [-0.15, -0.1) is 0 Å². The summed E-state index contributed by atoms with van der Waals surface area (Å²) in [7, 11) is -7.16. The lowest BCUT2D eigenvalue weighted by molar-refractivity contribution is 0.0730. The smallest absolute Gasteiger partial charge is 0.240 e. The van der Waals surface area contributed by atoms with Crippen molar-refractivity contribution in [2.45, 2.75) is 11.8 Å². The van der Waals surface area contributed by atoms with Gasteiger partial charge in [0.05, 0.1) is 23.9 Å². The Morgan fingerprint density at radius 2 is 1.86 bits per heavy atom. The van der Waals surface area contributed by atoms with Gasteiger partial charge in [0, 0.05) is 19.6 Å². The van der Waals surface area contributed by atoms with E-state index in [1.807, 2.05) is 0 Å². The van der Waals surface area contributed by atoms with Gasteiger partial charge in [-0.1, -0.05) is 12.1 Å². The molecule has 7 nitrogen and oxygen atoms in total. The summed E-state index contributed by atoms with van der Waals surface area (Å²) in [5.41, 5.74) is 0.823. The van der Waals surface area contributed by atoms with Crippen molar-refractivity contribution in [1.29, 1.82) is 0 Å². The first-order valence-electron chi connectivity index (χ1n) is 6.93. The van der Waals surface area contributed by atoms with E-state index in [2.05, 4.69) is 4.72 Å². The molecule has 1 aliphatic rings. The second-order valence-electron chi connectivity index (χ2n) is 5.04. The highest BCUT2D eigenvalue weighted by Crippen LogP contribution is 2.11. The molecule has 1 aromatic rings. The quantitative estimate of drug-likeness (QED) is 0.777.